The Labute approximate surface area is 166 Å². The van der Waals surface area contributed by atoms with Crippen molar-refractivity contribution in [1.82, 2.24) is 20.1 Å². The van der Waals surface area contributed by atoms with Crippen molar-refractivity contribution in [3.8, 4) is 0 Å². The number of halogens is 2. The van der Waals surface area contributed by atoms with E-state index in [0.29, 0.717) is 32.8 Å². The summed E-state index contributed by atoms with van der Waals surface area (Å²) in [5, 5.41) is 14.1. The maximum atomic E-state index is 12.1. The zero-order chi connectivity index (χ0) is 19.6. The van der Waals surface area contributed by atoms with Crippen molar-refractivity contribution in [3.05, 3.63) is 57.8 Å². The summed E-state index contributed by atoms with van der Waals surface area (Å²) >= 11 is 12.3. The smallest absolute Gasteiger partial charge is 0.253 e. The Morgan fingerprint density at radius 2 is 1.89 bits per heavy atom. The lowest BCUT2D eigenvalue weighted by molar-refractivity contribution is 0.0964. The van der Waals surface area contributed by atoms with Crippen molar-refractivity contribution in [2.24, 2.45) is 7.05 Å². The summed E-state index contributed by atoms with van der Waals surface area (Å²) in [6.45, 7) is 1.91. The van der Waals surface area contributed by atoms with Crippen LogP contribution in [0.25, 0.3) is 0 Å². The van der Waals surface area contributed by atoms with Crippen LogP contribution in [0.2, 0.25) is 10.0 Å². The van der Waals surface area contributed by atoms with Gasteiger partial charge in [-0.3, -0.25) is 9.48 Å². The molecule has 3 N–H and O–H groups in total. The monoisotopic (exact) mass is 404 g/mol. The second-order valence-electron chi connectivity index (χ2n) is 5.86. The largest absolute Gasteiger partial charge is 0.355 e. The number of carbonyl (C=O) groups excluding carboxylic acids is 1. The van der Waals surface area contributed by atoms with Gasteiger partial charge in [0.15, 0.2) is 0 Å². The van der Waals surface area contributed by atoms with Gasteiger partial charge in [-0.2, -0.15) is 5.10 Å². The molecule has 140 valence electrons. The van der Waals surface area contributed by atoms with Crippen LogP contribution in [0.15, 0.2) is 36.5 Å². The van der Waals surface area contributed by atoms with Gasteiger partial charge in [0.25, 0.3) is 5.91 Å². The average Bonchev–Trinajstić information content (AvgIpc) is 2.95. The van der Waals surface area contributed by atoms with Gasteiger partial charge >= 0.3 is 0 Å². The molecular weight excluding hydrogens is 387 g/mol. The minimum atomic E-state index is -0.256. The highest BCUT2D eigenvalue weighted by atomic mass is 35.5. The Morgan fingerprint density at radius 3 is 2.56 bits per heavy atom. The molecular formula is C18H18Cl2N6O. The zero-order valence-electron chi connectivity index (χ0n) is 15.0. The topological polar surface area (TPSA) is 83.9 Å². The molecule has 3 rings (SSSR count). The third kappa shape index (κ3) is 4.32. The molecule has 27 heavy (non-hydrogen) atoms. The first-order chi connectivity index (χ1) is 12.9. The Balaban J connectivity index is 1.92. The van der Waals surface area contributed by atoms with Crippen LogP contribution in [0.5, 0.6) is 0 Å². The summed E-state index contributed by atoms with van der Waals surface area (Å²) in [4.78, 5) is 16.4. The standard InChI is InChI=1S/C18H18Cl2N6O/c1-10-6-17(26(3)25-10)24-16-8-15(13(20)9-22-16)23-14-5-4-11(19)7-12(14)18(27)21-2/h4-9H,1-3H3,(H,21,27)(H2,22,23,24). The van der Waals surface area contributed by atoms with E-state index < -0.39 is 0 Å². The molecule has 0 aliphatic rings. The maximum absolute atomic E-state index is 12.1. The molecule has 3 aromatic rings. The van der Waals surface area contributed by atoms with Gasteiger partial charge in [0.05, 0.1) is 33.9 Å². The van der Waals surface area contributed by atoms with E-state index in [1.165, 1.54) is 6.20 Å². The number of rotatable bonds is 5. The van der Waals surface area contributed by atoms with Crippen LogP contribution >= 0.6 is 23.2 Å². The molecule has 0 spiro atoms. The minimum Gasteiger partial charge on any atom is -0.355 e. The number of hydrogen-bond acceptors (Lipinski definition) is 5. The molecule has 0 saturated carbocycles. The zero-order valence-corrected chi connectivity index (χ0v) is 16.5. The average molecular weight is 405 g/mol. The van der Waals surface area contributed by atoms with E-state index in [4.69, 9.17) is 23.2 Å². The van der Waals surface area contributed by atoms with E-state index in [0.717, 1.165) is 11.5 Å². The summed E-state index contributed by atoms with van der Waals surface area (Å²) in [6.07, 6.45) is 1.53. The molecule has 9 heteroatoms. The summed E-state index contributed by atoms with van der Waals surface area (Å²) in [5.41, 5.74) is 2.48. The van der Waals surface area contributed by atoms with Crippen molar-refractivity contribution >= 4 is 52.1 Å². The van der Waals surface area contributed by atoms with Crippen molar-refractivity contribution < 1.29 is 4.79 Å². The molecule has 2 aromatic heterocycles. The van der Waals surface area contributed by atoms with E-state index in [2.05, 4.69) is 26.0 Å². The number of anilines is 4. The Bertz CT molecular complexity index is 1000. The second kappa shape index (κ2) is 7.85. The Kier molecular flexibility index (Phi) is 5.53. The van der Waals surface area contributed by atoms with Crippen LogP contribution in [0.4, 0.5) is 23.0 Å². The van der Waals surface area contributed by atoms with Gasteiger partial charge in [-0.1, -0.05) is 23.2 Å². The molecule has 0 aliphatic heterocycles. The number of amides is 1. The molecule has 0 radical (unpaired) electrons. The van der Waals surface area contributed by atoms with Crippen molar-refractivity contribution in [3.63, 3.8) is 0 Å². The van der Waals surface area contributed by atoms with E-state index >= 15 is 0 Å². The number of nitrogens with zero attached hydrogens (tertiary/aromatic N) is 3. The molecule has 0 fully saturated rings. The summed E-state index contributed by atoms with van der Waals surface area (Å²) in [7, 11) is 3.40. The van der Waals surface area contributed by atoms with Crippen molar-refractivity contribution in [2.45, 2.75) is 6.92 Å². The minimum absolute atomic E-state index is 0.256. The molecule has 2 heterocycles. The molecule has 0 aliphatic carbocycles. The van der Waals surface area contributed by atoms with E-state index in [1.807, 2.05) is 20.0 Å². The third-order valence-electron chi connectivity index (χ3n) is 3.84. The van der Waals surface area contributed by atoms with Crippen molar-refractivity contribution in [1.29, 1.82) is 0 Å². The van der Waals surface area contributed by atoms with Gasteiger partial charge in [-0.05, 0) is 25.1 Å². The van der Waals surface area contributed by atoms with Gasteiger partial charge in [0.2, 0.25) is 0 Å². The quantitative estimate of drug-likeness (QED) is 0.590. The lowest BCUT2D eigenvalue weighted by Crippen LogP contribution is -2.19. The fraction of sp³-hybridized carbons (Fsp3) is 0.167. The van der Waals surface area contributed by atoms with Crippen LogP contribution in [0.3, 0.4) is 0 Å². The van der Waals surface area contributed by atoms with E-state index in [-0.39, 0.29) is 5.91 Å². The Hall–Kier alpha value is -2.77. The van der Waals surface area contributed by atoms with Crippen LogP contribution < -0.4 is 16.0 Å². The van der Waals surface area contributed by atoms with E-state index in [1.54, 1.807) is 36.0 Å². The molecule has 0 saturated heterocycles. The normalized spacial score (nSPS) is 10.6. The number of hydrogen-bond donors (Lipinski definition) is 3. The predicted octanol–water partition coefficient (Wildman–Crippen LogP) is 4.28. The first kappa shape index (κ1) is 19.0. The van der Waals surface area contributed by atoms with Gasteiger partial charge in [0.1, 0.15) is 11.6 Å². The lowest BCUT2D eigenvalue weighted by Gasteiger charge is -2.14. The van der Waals surface area contributed by atoms with Crippen LogP contribution in [-0.4, -0.2) is 27.7 Å². The number of carbonyl (C=O) groups is 1. The van der Waals surface area contributed by atoms with Gasteiger partial charge in [-0.15, -0.1) is 0 Å². The Morgan fingerprint density at radius 1 is 1.11 bits per heavy atom. The first-order valence-electron chi connectivity index (χ1n) is 8.09. The predicted molar refractivity (Wildman–Crippen MR) is 109 cm³/mol. The molecule has 1 amide bonds. The highest BCUT2D eigenvalue weighted by molar-refractivity contribution is 6.33. The summed E-state index contributed by atoms with van der Waals surface area (Å²) < 4.78 is 1.72. The highest BCUT2D eigenvalue weighted by Gasteiger charge is 2.13. The highest BCUT2D eigenvalue weighted by Crippen LogP contribution is 2.30. The van der Waals surface area contributed by atoms with Gasteiger partial charge in [0, 0.05) is 31.3 Å². The SMILES string of the molecule is CNC(=O)c1cc(Cl)ccc1Nc1cc(Nc2cc(C)nn2C)ncc1Cl. The number of pyridine rings is 1. The molecule has 1 aromatic carbocycles. The lowest BCUT2D eigenvalue weighted by atomic mass is 10.1. The number of benzene rings is 1. The summed E-state index contributed by atoms with van der Waals surface area (Å²) in [6, 6.07) is 8.68. The van der Waals surface area contributed by atoms with E-state index in [9.17, 15) is 4.79 Å². The maximum Gasteiger partial charge on any atom is 0.253 e. The van der Waals surface area contributed by atoms with Crippen LogP contribution in [0, 0.1) is 6.92 Å². The molecule has 0 unspecified atom stereocenters. The van der Waals surface area contributed by atoms with Gasteiger partial charge in [-0.25, -0.2) is 4.98 Å². The fourth-order valence-electron chi connectivity index (χ4n) is 2.55. The third-order valence-corrected chi connectivity index (χ3v) is 4.37. The molecule has 0 atom stereocenters. The first-order valence-corrected chi connectivity index (χ1v) is 8.85. The van der Waals surface area contributed by atoms with Crippen LogP contribution in [-0.2, 0) is 7.05 Å². The van der Waals surface area contributed by atoms with Gasteiger partial charge < -0.3 is 16.0 Å². The second-order valence-corrected chi connectivity index (χ2v) is 6.71. The molecule has 0 bridgehead atoms. The number of aryl methyl sites for hydroxylation is 2. The number of nitrogens with one attached hydrogen (secondary N) is 3. The van der Waals surface area contributed by atoms with Crippen LogP contribution in [0.1, 0.15) is 16.1 Å². The summed E-state index contributed by atoms with van der Waals surface area (Å²) in [5.74, 6) is 1.13. The van der Waals surface area contributed by atoms with Crippen molar-refractivity contribution in [2.75, 3.05) is 17.7 Å². The molecule has 7 nitrogen and oxygen atoms in total. The number of aromatic nitrogens is 3. The fourth-order valence-corrected chi connectivity index (χ4v) is 2.88.